The van der Waals surface area contributed by atoms with Crippen LogP contribution >= 0.6 is 0 Å². The van der Waals surface area contributed by atoms with Crippen LogP contribution in [0.2, 0.25) is 0 Å². The van der Waals surface area contributed by atoms with E-state index in [9.17, 15) is 8.42 Å². The Kier molecular flexibility index (Phi) is 2.30. The van der Waals surface area contributed by atoms with Gasteiger partial charge in [0.2, 0.25) is 10.0 Å². The van der Waals surface area contributed by atoms with Gasteiger partial charge in [0.25, 0.3) is 0 Å². The largest absolute Gasteiger partial charge is 0.328 e. The summed E-state index contributed by atoms with van der Waals surface area (Å²) >= 11 is 0. The molecule has 14 heavy (non-hydrogen) atoms. The van der Waals surface area contributed by atoms with Gasteiger partial charge in [0, 0.05) is 18.3 Å². The SMILES string of the molecule is NC1CC(NS(=O)(=O)c2cn[nH]c2)C1. The number of sulfonamides is 1. The minimum Gasteiger partial charge on any atom is -0.328 e. The van der Waals surface area contributed by atoms with E-state index in [0.717, 1.165) is 0 Å². The Hall–Kier alpha value is -0.920. The van der Waals surface area contributed by atoms with Crippen LogP contribution < -0.4 is 10.5 Å². The van der Waals surface area contributed by atoms with Crippen LogP contribution in [0.15, 0.2) is 17.3 Å². The summed E-state index contributed by atoms with van der Waals surface area (Å²) in [5.41, 5.74) is 5.55. The summed E-state index contributed by atoms with van der Waals surface area (Å²) in [4.78, 5) is 0.165. The highest BCUT2D eigenvalue weighted by atomic mass is 32.2. The quantitative estimate of drug-likeness (QED) is 0.614. The summed E-state index contributed by atoms with van der Waals surface area (Å²) in [6, 6.07) is 0.108. The molecule has 1 fully saturated rings. The molecule has 2 rings (SSSR count). The Morgan fingerprint density at radius 2 is 2.29 bits per heavy atom. The molecule has 0 bridgehead atoms. The smallest absolute Gasteiger partial charge is 0.243 e. The van der Waals surface area contributed by atoms with Crippen LogP contribution in [0.3, 0.4) is 0 Å². The molecule has 1 aliphatic rings. The van der Waals surface area contributed by atoms with Crippen molar-refractivity contribution in [2.24, 2.45) is 5.73 Å². The van der Waals surface area contributed by atoms with Crippen molar-refractivity contribution in [3.8, 4) is 0 Å². The molecule has 1 aromatic rings. The molecular weight excluding hydrogens is 204 g/mol. The molecule has 4 N–H and O–H groups in total. The summed E-state index contributed by atoms with van der Waals surface area (Å²) in [5.74, 6) is 0. The minimum absolute atomic E-state index is 0.0232. The maximum absolute atomic E-state index is 11.6. The van der Waals surface area contributed by atoms with E-state index < -0.39 is 10.0 Å². The van der Waals surface area contributed by atoms with E-state index >= 15 is 0 Å². The number of H-pyrrole nitrogens is 1. The van der Waals surface area contributed by atoms with Gasteiger partial charge < -0.3 is 5.73 Å². The van der Waals surface area contributed by atoms with Gasteiger partial charge in [-0.25, -0.2) is 13.1 Å². The Balaban J connectivity index is 2.04. The van der Waals surface area contributed by atoms with Crippen molar-refractivity contribution < 1.29 is 8.42 Å². The van der Waals surface area contributed by atoms with Crippen molar-refractivity contribution in [2.75, 3.05) is 0 Å². The summed E-state index contributed by atoms with van der Waals surface area (Å²) in [7, 11) is -3.40. The molecule has 0 radical (unpaired) electrons. The first-order valence-corrected chi connectivity index (χ1v) is 5.83. The molecule has 0 aliphatic heterocycles. The average molecular weight is 216 g/mol. The second kappa shape index (κ2) is 3.34. The third-order valence-corrected chi connectivity index (χ3v) is 3.77. The first-order chi connectivity index (χ1) is 6.58. The first-order valence-electron chi connectivity index (χ1n) is 4.34. The molecule has 0 unspecified atom stereocenters. The molecule has 1 aliphatic carbocycles. The number of hydrogen-bond acceptors (Lipinski definition) is 4. The lowest BCUT2D eigenvalue weighted by Crippen LogP contribution is -2.50. The van der Waals surface area contributed by atoms with Gasteiger partial charge in [0.15, 0.2) is 0 Å². The lowest BCUT2D eigenvalue weighted by molar-refractivity contribution is 0.327. The van der Waals surface area contributed by atoms with Gasteiger partial charge in [-0.1, -0.05) is 0 Å². The van der Waals surface area contributed by atoms with Gasteiger partial charge in [-0.2, -0.15) is 5.10 Å². The zero-order chi connectivity index (χ0) is 10.2. The number of nitrogens with zero attached hydrogens (tertiary/aromatic N) is 1. The van der Waals surface area contributed by atoms with Crippen molar-refractivity contribution in [2.45, 2.75) is 29.8 Å². The second-order valence-corrected chi connectivity index (χ2v) is 5.20. The molecule has 6 nitrogen and oxygen atoms in total. The van der Waals surface area contributed by atoms with Gasteiger partial charge in [0.05, 0.1) is 6.20 Å². The van der Waals surface area contributed by atoms with Gasteiger partial charge in [0.1, 0.15) is 4.90 Å². The van der Waals surface area contributed by atoms with Crippen molar-refractivity contribution >= 4 is 10.0 Å². The third-order valence-electron chi connectivity index (χ3n) is 2.28. The van der Waals surface area contributed by atoms with Crippen LogP contribution in [0.1, 0.15) is 12.8 Å². The van der Waals surface area contributed by atoms with E-state index in [1.54, 1.807) is 0 Å². The fourth-order valence-corrected chi connectivity index (χ4v) is 2.60. The number of aromatic amines is 1. The maximum Gasteiger partial charge on any atom is 0.243 e. The minimum atomic E-state index is -3.40. The zero-order valence-corrected chi connectivity index (χ0v) is 8.29. The molecule has 0 aromatic carbocycles. The highest BCUT2D eigenvalue weighted by Crippen LogP contribution is 2.19. The van der Waals surface area contributed by atoms with Crippen LogP contribution in [0, 0.1) is 0 Å². The van der Waals surface area contributed by atoms with E-state index in [2.05, 4.69) is 14.9 Å². The number of hydrogen-bond donors (Lipinski definition) is 3. The molecular formula is C7H12N4O2S. The summed E-state index contributed by atoms with van der Waals surface area (Å²) < 4.78 is 25.7. The number of aromatic nitrogens is 2. The number of nitrogens with two attached hydrogens (primary N) is 1. The number of nitrogens with one attached hydrogen (secondary N) is 2. The summed E-state index contributed by atoms with van der Waals surface area (Å²) in [6.45, 7) is 0. The highest BCUT2D eigenvalue weighted by molar-refractivity contribution is 7.89. The van der Waals surface area contributed by atoms with Gasteiger partial charge in [-0.05, 0) is 12.8 Å². The predicted octanol–water partition coefficient (Wildman–Crippen LogP) is -0.822. The van der Waals surface area contributed by atoms with E-state index in [1.807, 2.05) is 0 Å². The lowest BCUT2D eigenvalue weighted by atomic mass is 9.89. The third kappa shape index (κ3) is 1.79. The van der Waals surface area contributed by atoms with E-state index in [4.69, 9.17) is 5.73 Å². The molecule has 1 aromatic heterocycles. The maximum atomic E-state index is 11.6. The van der Waals surface area contributed by atoms with Crippen molar-refractivity contribution in [3.63, 3.8) is 0 Å². The van der Waals surface area contributed by atoms with Crippen molar-refractivity contribution in [3.05, 3.63) is 12.4 Å². The summed E-state index contributed by atoms with van der Waals surface area (Å²) in [6.07, 6.45) is 4.04. The number of rotatable bonds is 3. The molecule has 78 valence electrons. The van der Waals surface area contributed by atoms with E-state index in [0.29, 0.717) is 12.8 Å². The fourth-order valence-electron chi connectivity index (χ4n) is 1.43. The van der Waals surface area contributed by atoms with E-state index in [-0.39, 0.29) is 17.0 Å². The monoisotopic (exact) mass is 216 g/mol. The van der Waals surface area contributed by atoms with Crippen LogP contribution in [0.5, 0.6) is 0 Å². The Labute approximate surface area is 81.9 Å². The van der Waals surface area contributed by atoms with Crippen molar-refractivity contribution in [1.29, 1.82) is 0 Å². The van der Waals surface area contributed by atoms with Crippen LogP contribution in [0.25, 0.3) is 0 Å². The molecule has 1 saturated carbocycles. The molecule has 7 heteroatoms. The van der Waals surface area contributed by atoms with E-state index in [1.165, 1.54) is 12.4 Å². The Morgan fingerprint density at radius 1 is 1.57 bits per heavy atom. The fraction of sp³-hybridized carbons (Fsp3) is 0.571. The van der Waals surface area contributed by atoms with Gasteiger partial charge in [-0.15, -0.1) is 0 Å². The standard InChI is InChI=1S/C7H12N4O2S/c8-5-1-6(2-5)11-14(12,13)7-3-9-10-4-7/h3-6,11H,1-2,8H2,(H,9,10). The van der Waals surface area contributed by atoms with Gasteiger partial charge in [-0.3, -0.25) is 5.10 Å². The Bertz CT molecular complexity index is 393. The molecule has 1 heterocycles. The highest BCUT2D eigenvalue weighted by Gasteiger charge is 2.30. The van der Waals surface area contributed by atoms with Crippen molar-refractivity contribution in [1.82, 2.24) is 14.9 Å². The normalized spacial score (nSPS) is 27.2. The van der Waals surface area contributed by atoms with Crippen LogP contribution in [-0.4, -0.2) is 30.7 Å². The topological polar surface area (TPSA) is 101 Å². The molecule has 0 amide bonds. The second-order valence-electron chi connectivity index (χ2n) is 3.48. The molecule has 0 spiro atoms. The molecule has 0 atom stereocenters. The predicted molar refractivity (Wildman–Crippen MR) is 49.9 cm³/mol. The summed E-state index contributed by atoms with van der Waals surface area (Å²) in [5, 5.41) is 6.05. The molecule has 0 saturated heterocycles. The first kappa shape index (κ1) is 9.63. The zero-order valence-electron chi connectivity index (χ0n) is 7.47. The van der Waals surface area contributed by atoms with Crippen LogP contribution in [0.4, 0.5) is 0 Å². The average Bonchev–Trinajstić information content (AvgIpc) is 2.52. The Morgan fingerprint density at radius 3 is 2.79 bits per heavy atom. The van der Waals surface area contributed by atoms with Gasteiger partial charge >= 0.3 is 0 Å². The lowest BCUT2D eigenvalue weighted by Gasteiger charge is -2.32. The van der Waals surface area contributed by atoms with Crippen LogP contribution in [-0.2, 0) is 10.0 Å².